The Labute approximate surface area is 193 Å². The molecule has 2 amide bonds. The minimum Gasteiger partial charge on any atom is -0.319 e. The lowest BCUT2D eigenvalue weighted by Crippen LogP contribution is -2.53. The molecule has 2 heterocycles. The number of nitriles is 1. The average molecular weight is 443 g/mol. The van der Waals surface area contributed by atoms with Gasteiger partial charge < -0.3 is 14.7 Å². The predicted octanol–water partition coefficient (Wildman–Crippen LogP) is 4.71. The van der Waals surface area contributed by atoms with Gasteiger partial charge in [-0.1, -0.05) is 36.4 Å². The highest BCUT2D eigenvalue weighted by Crippen LogP contribution is 2.41. The van der Waals surface area contributed by atoms with Crippen molar-refractivity contribution in [2.24, 2.45) is 0 Å². The summed E-state index contributed by atoms with van der Waals surface area (Å²) in [5, 5.41) is 11.6. The zero-order valence-electron chi connectivity index (χ0n) is 18.8. The van der Waals surface area contributed by atoms with Crippen LogP contribution in [0.4, 0.5) is 9.18 Å². The van der Waals surface area contributed by atoms with E-state index in [1.54, 1.807) is 0 Å². The molecule has 3 aromatic carbocycles. The molecule has 168 valence electrons. The first-order valence-corrected chi connectivity index (χ1v) is 11.4. The van der Waals surface area contributed by atoms with Crippen LogP contribution in [0.2, 0.25) is 0 Å². The quantitative estimate of drug-likeness (QED) is 0.588. The summed E-state index contributed by atoms with van der Waals surface area (Å²) in [5.74, 6) is -0.263. The van der Waals surface area contributed by atoms with Crippen molar-refractivity contribution in [2.45, 2.75) is 24.9 Å². The van der Waals surface area contributed by atoms with Gasteiger partial charge in [-0.25, -0.2) is 9.18 Å². The highest BCUT2D eigenvalue weighted by atomic mass is 19.1. The maximum atomic E-state index is 13.7. The molecular weight excluding hydrogens is 415 g/mol. The first-order valence-electron chi connectivity index (χ1n) is 11.4. The molecule has 0 bridgehead atoms. The molecule has 5 rings (SSSR count). The van der Waals surface area contributed by atoms with Crippen LogP contribution in [-0.2, 0) is 12.1 Å². The van der Waals surface area contributed by atoms with Crippen molar-refractivity contribution < 1.29 is 9.18 Å². The summed E-state index contributed by atoms with van der Waals surface area (Å²) in [6.45, 7) is 3.50. The Hall–Kier alpha value is -3.43. The fraction of sp³-hybridized carbons (Fsp3) is 0.333. The van der Waals surface area contributed by atoms with Crippen LogP contribution in [0.25, 0.3) is 10.8 Å². The van der Waals surface area contributed by atoms with Crippen molar-refractivity contribution in [3.05, 3.63) is 83.2 Å². The number of fused-ring (bicyclic) bond motifs is 1. The van der Waals surface area contributed by atoms with E-state index in [-0.39, 0.29) is 11.8 Å². The van der Waals surface area contributed by atoms with E-state index in [2.05, 4.69) is 18.0 Å². The second-order valence-corrected chi connectivity index (χ2v) is 9.17. The number of benzene rings is 3. The smallest absolute Gasteiger partial charge is 0.319 e. The van der Waals surface area contributed by atoms with E-state index in [0.717, 1.165) is 47.8 Å². The van der Waals surface area contributed by atoms with E-state index < -0.39 is 5.54 Å². The summed E-state index contributed by atoms with van der Waals surface area (Å²) in [6.07, 6.45) is 1.64. The van der Waals surface area contributed by atoms with E-state index in [4.69, 9.17) is 0 Å². The number of likely N-dealkylation sites (tertiary alicyclic amines) is 1. The molecule has 0 aliphatic carbocycles. The van der Waals surface area contributed by atoms with Crippen LogP contribution in [0.15, 0.2) is 60.7 Å². The van der Waals surface area contributed by atoms with Crippen molar-refractivity contribution in [1.82, 2.24) is 14.7 Å². The first-order chi connectivity index (χ1) is 16.0. The largest absolute Gasteiger partial charge is 0.321 e. The number of carbonyl (C=O) groups is 1. The average Bonchev–Trinajstić information content (AvgIpc) is 3.20. The summed E-state index contributed by atoms with van der Waals surface area (Å²) in [5.41, 5.74) is 2.16. The van der Waals surface area contributed by atoms with Crippen LogP contribution in [-0.4, -0.2) is 54.0 Å². The highest BCUT2D eigenvalue weighted by molar-refractivity contribution is 5.87. The summed E-state index contributed by atoms with van der Waals surface area (Å²) < 4.78 is 13.7. The third-order valence-electron chi connectivity index (χ3n) is 7.25. The zero-order valence-corrected chi connectivity index (χ0v) is 18.8. The van der Waals surface area contributed by atoms with Crippen molar-refractivity contribution in [2.75, 3.05) is 33.2 Å². The Balaban J connectivity index is 1.46. The van der Waals surface area contributed by atoms with Gasteiger partial charge in [-0.05, 0) is 66.1 Å². The van der Waals surface area contributed by atoms with E-state index in [9.17, 15) is 14.4 Å². The minimum absolute atomic E-state index is 0.00956. The molecule has 0 aromatic heterocycles. The Kier molecular flexibility index (Phi) is 5.51. The summed E-state index contributed by atoms with van der Waals surface area (Å²) in [4.78, 5) is 19.9. The third kappa shape index (κ3) is 3.83. The molecule has 0 unspecified atom stereocenters. The monoisotopic (exact) mass is 442 g/mol. The fourth-order valence-corrected chi connectivity index (χ4v) is 5.38. The third-order valence-corrected chi connectivity index (χ3v) is 7.25. The predicted molar refractivity (Wildman–Crippen MR) is 126 cm³/mol. The Morgan fingerprint density at radius 2 is 1.73 bits per heavy atom. The molecule has 2 fully saturated rings. The Bertz CT molecular complexity index is 1230. The van der Waals surface area contributed by atoms with Gasteiger partial charge in [-0.15, -0.1) is 0 Å². The van der Waals surface area contributed by atoms with Gasteiger partial charge in [0.05, 0.1) is 17.2 Å². The summed E-state index contributed by atoms with van der Waals surface area (Å²) in [7, 11) is 2.10. The van der Waals surface area contributed by atoms with Crippen molar-refractivity contribution in [3.63, 3.8) is 0 Å². The first kappa shape index (κ1) is 21.4. The number of piperidine rings is 1. The van der Waals surface area contributed by atoms with Gasteiger partial charge >= 0.3 is 6.03 Å². The Morgan fingerprint density at radius 1 is 1.00 bits per heavy atom. The standard InChI is InChI=1S/C27H27FN4O/c1-30-12-10-27(11-13-30,23-6-8-24(28)9-7-23)32-15-14-31(26(32)33)19-22-17-20(18-29)16-21-4-2-3-5-25(21)22/h2-9,16-17H,10-15,19H2,1H3. The number of nitrogens with zero attached hydrogens (tertiary/aromatic N) is 4. The lowest BCUT2D eigenvalue weighted by Gasteiger charge is -2.47. The van der Waals surface area contributed by atoms with Gasteiger partial charge in [0.1, 0.15) is 5.82 Å². The number of urea groups is 1. The van der Waals surface area contributed by atoms with E-state index in [1.807, 2.05) is 58.3 Å². The van der Waals surface area contributed by atoms with Crippen molar-refractivity contribution in [3.8, 4) is 6.07 Å². The number of hydrogen-bond donors (Lipinski definition) is 0. The van der Waals surface area contributed by atoms with Gasteiger partial charge in [-0.2, -0.15) is 5.26 Å². The summed E-state index contributed by atoms with van der Waals surface area (Å²) in [6, 6.07) is 20.7. The lowest BCUT2D eigenvalue weighted by molar-refractivity contribution is 0.0620. The van der Waals surface area contributed by atoms with Crippen molar-refractivity contribution >= 4 is 16.8 Å². The van der Waals surface area contributed by atoms with E-state index in [0.29, 0.717) is 25.2 Å². The normalized spacial score (nSPS) is 18.6. The van der Waals surface area contributed by atoms with E-state index >= 15 is 0 Å². The van der Waals surface area contributed by atoms with Gasteiger partial charge in [0.2, 0.25) is 0 Å². The van der Waals surface area contributed by atoms with Gasteiger partial charge in [0.25, 0.3) is 0 Å². The maximum Gasteiger partial charge on any atom is 0.321 e. The van der Waals surface area contributed by atoms with Gasteiger partial charge in [0, 0.05) is 32.7 Å². The second-order valence-electron chi connectivity index (χ2n) is 9.17. The number of halogens is 1. The van der Waals surface area contributed by atoms with Gasteiger partial charge in [-0.3, -0.25) is 0 Å². The fourth-order valence-electron chi connectivity index (χ4n) is 5.38. The van der Waals surface area contributed by atoms with Crippen LogP contribution in [0.1, 0.15) is 29.5 Å². The van der Waals surface area contributed by atoms with Crippen LogP contribution in [0.5, 0.6) is 0 Å². The molecule has 0 saturated carbocycles. The molecule has 2 saturated heterocycles. The zero-order chi connectivity index (χ0) is 23.0. The molecule has 3 aromatic rings. The lowest BCUT2D eigenvalue weighted by atomic mass is 9.79. The maximum absolute atomic E-state index is 13.7. The number of rotatable bonds is 4. The molecule has 2 aliphatic rings. The molecule has 2 aliphatic heterocycles. The van der Waals surface area contributed by atoms with Crippen molar-refractivity contribution in [1.29, 1.82) is 5.26 Å². The molecule has 0 radical (unpaired) electrons. The van der Waals surface area contributed by atoms with Crippen LogP contribution >= 0.6 is 0 Å². The number of carbonyl (C=O) groups excluding carboxylic acids is 1. The molecule has 0 atom stereocenters. The van der Waals surface area contributed by atoms with Gasteiger partial charge in [0.15, 0.2) is 0 Å². The van der Waals surface area contributed by atoms with Crippen LogP contribution < -0.4 is 0 Å². The molecule has 5 nitrogen and oxygen atoms in total. The molecule has 33 heavy (non-hydrogen) atoms. The number of hydrogen-bond acceptors (Lipinski definition) is 3. The SMILES string of the molecule is CN1CCC(c2ccc(F)cc2)(N2CCN(Cc3cc(C#N)cc4ccccc34)C2=O)CC1. The van der Waals surface area contributed by atoms with Crippen LogP contribution in [0.3, 0.4) is 0 Å². The van der Waals surface area contributed by atoms with Crippen LogP contribution in [0, 0.1) is 17.1 Å². The number of amides is 2. The molecule has 0 spiro atoms. The Morgan fingerprint density at radius 3 is 2.45 bits per heavy atom. The van der Waals surface area contributed by atoms with E-state index in [1.165, 1.54) is 12.1 Å². The molecule has 6 heteroatoms. The second kappa shape index (κ2) is 8.49. The molecular formula is C27H27FN4O. The topological polar surface area (TPSA) is 50.6 Å². The summed E-state index contributed by atoms with van der Waals surface area (Å²) >= 11 is 0. The minimum atomic E-state index is -0.428. The molecule has 0 N–H and O–H groups in total. The highest BCUT2D eigenvalue weighted by Gasteiger charge is 2.47.